The number of ether oxygens (including phenoxy) is 1. The van der Waals surface area contributed by atoms with Gasteiger partial charge < -0.3 is 21.5 Å². The molecule has 1 heterocycles. The molecule has 0 aliphatic heterocycles. The van der Waals surface area contributed by atoms with E-state index in [1.165, 1.54) is 0 Å². The van der Waals surface area contributed by atoms with E-state index in [1.807, 2.05) is 18.2 Å². The first-order valence-electron chi connectivity index (χ1n) is 5.04. The van der Waals surface area contributed by atoms with Crippen LogP contribution in [0, 0.1) is 0 Å². The van der Waals surface area contributed by atoms with Crippen molar-refractivity contribution >= 4 is 17.5 Å². The van der Waals surface area contributed by atoms with E-state index in [9.17, 15) is 0 Å². The summed E-state index contributed by atoms with van der Waals surface area (Å²) in [5.41, 5.74) is 11.7. The van der Waals surface area contributed by atoms with Gasteiger partial charge >= 0.3 is 0 Å². The van der Waals surface area contributed by atoms with Gasteiger partial charge in [0.15, 0.2) is 5.82 Å². The molecule has 0 fully saturated rings. The Morgan fingerprint density at radius 3 is 2.47 bits per heavy atom. The van der Waals surface area contributed by atoms with E-state index < -0.39 is 0 Å². The fourth-order valence-corrected chi connectivity index (χ4v) is 1.33. The van der Waals surface area contributed by atoms with E-state index >= 15 is 0 Å². The van der Waals surface area contributed by atoms with Crippen molar-refractivity contribution in [2.24, 2.45) is 0 Å². The molecule has 5 N–H and O–H groups in total. The van der Waals surface area contributed by atoms with Crippen LogP contribution in [0.1, 0.15) is 0 Å². The number of nitrogens with one attached hydrogen (secondary N) is 1. The summed E-state index contributed by atoms with van der Waals surface area (Å²) in [7, 11) is 1.70. The van der Waals surface area contributed by atoms with E-state index in [2.05, 4.69) is 15.3 Å². The lowest BCUT2D eigenvalue weighted by Crippen LogP contribution is -2.06. The van der Waals surface area contributed by atoms with E-state index in [0.29, 0.717) is 17.3 Å². The highest BCUT2D eigenvalue weighted by molar-refractivity contribution is 5.68. The quantitative estimate of drug-likeness (QED) is 0.739. The van der Waals surface area contributed by atoms with Crippen LogP contribution in [0.5, 0.6) is 11.6 Å². The van der Waals surface area contributed by atoms with Crippen LogP contribution in [0.3, 0.4) is 0 Å². The minimum atomic E-state index is 0.106. The van der Waals surface area contributed by atoms with Crippen molar-refractivity contribution in [3.63, 3.8) is 0 Å². The Labute approximate surface area is 98.6 Å². The maximum atomic E-state index is 5.84. The smallest absolute Gasteiger partial charge is 0.249 e. The van der Waals surface area contributed by atoms with Gasteiger partial charge in [0.1, 0.15) is 11.4 Å². The topological polar surface area (TPSA) is 99.1 Å². The predicted octanol–water partition coefficient (Wildman–Crippen LogP) is 1.48. The second-order valence-corrected chi connectivity index (χ2v) is 3.31. The molecule has 1 aromatic heterocycles. The molecular formula is C11H13N5O. The van der Waals surface area contributed by atoms with Crippen LogP contribution in [0.4, 0.5) is 17.5 Å². The Balaban J connectivity index is 2.36. The normalized spacial score (nSPS) is 9.94. The molecule has 88 valence electrons. The van der Waals surface area contributed by atoms with Crippen molar-refractivity contribution in [1.82, 2.24) is 9.97 Å². The maximum absolute atomic E-state index is 5.84. The molecule has 0 spiro atoms. The molecule has 0 radical (unpaired) electrons. The lowest BCUT2D eigenvalue weighted by Gasteiger charge is -2.10. The Morgan fingerprint density at radius 2 is 1.82 bits per heavy atom. The monoisotopic (exact) mass is 231 g/mol. The van der Waals surface area contributed by atoms with Crippen LogP contribution >= 0.6 is 0 Å². The lowest BCUT2D eigenvalue weighted by atomic mass is 10.3. The van der Waals surface area contributed by atoms with E-state index in [1.54, 1.807) is 19.2 Å². The van der Waals surface area contributed by atoms with Crippen LogP contribution in [0.2, 0.25) is 0 Å². The van der Waals surface area contributed by atoms with Gasteiger partial charge in [-0.2, -0.15) is 9.97 Å². The first-order chi connectivity index (χ1) is 8.20. The number of aromatic nitrogens is 2. The van der Waals surface area contributed by atoms with Gasteiger partial charge in [-0.25, -0.2) is 0 Å². The van der Waals surface area contributed by atoms with E-state index in [-0.39, 0.29) is 11.8 Å². The SMILES string of the molecule is CNc1nc(N)nc(Oc2ccccc2)c1N. The molecule has 17 heavy (non-hydrogen) atoms. The van der Waals surface area contributed by atoms with Crippen molar-refractivity contribution in [3.8, 4) is 11.6 Å². The number of benzene rings is 1. The van der Waals surface area contributed by atoms with Gasteiger partial charge in [0.2, 0.25) is 11.8 Å². The zero-order valence-electron chi connectivity index (χ0n) is 9.34. The number of hydrogen-bond acceptors (Lipinski definition) is 6. The third kappa shape index (κ3) is 2.36. The fourth-order valence-electron chi connectivity index (χ4n) is 1.33. The average Bonchev–Trinajstić information content (AvgIpc) is 2.34. The third-order valence-corrected chi connectivity index (χ3v) is 2.12. The zero-order valence-corrected chi connectivity index (χ0v) is 9.34. The van der Waals surface area contributed by atoms with Gasteiger partial charge in [0.25, 0.3) is 0 Å². The van der Waals surface area contributed by atoms with Crippen LogP contribution < -0.4 is 21.5 Å². The molecule has 0 atom stereocenters. The summed E-state index contributed by atoms with van der Waals surface area (Å²) in [6.07, 6.45) is 0. The van der Waals surface area contributed by atoms with Gasteiger partial charge in [0, 0.05) is 7.05 Å². The summed E-state index contributed by atoms with van der Waals surface area (Å²) in [5.74, 6) is 1.44. The predicted molar refractivity (Wildman–Crippen MR) is 66.9 cm³/mol. The van der Waals surface area contributed by atoms with Crippen LogP contribution in [-0.4, -0.2) is 17.0 Å². The molecular weight excluding hydrogens is 218 g/mol. The van der Waals surface area contributed by atoms with Crippen LogP contribution in [0.15, 0.2) is 30.3 Å². The van der Waals surface area contributed by atoms with Gasteiger partial charge in [-0.05, 0) is 12.1 Å². The highest BCUT2D eigenvalue weighted by atomic mass is 16.5. The first kappa shape index (κ1) is 11.0. The standard InChI is InChI=1S/C11H13N5O/c1-14-9-8(12)10(16-11(13)15-9)17-7-5-3-2-4-6-7/h2-6H,12H2,1H3,(H3,13,14,15,16). The molecule has 0 aliphatic carbocycles. The van der Waals surface area contributed by atoms with Crippen molar-refractivity contribution in [2.75, 3.05) is 23.8 Å². The summed E-state index contributed by atoms with van der Waals surface area (Å²) < 4.78 is 5.54. The van der Waals surface area contributed by atoms with Crippen molar-refractivity contribution in [2.45, 2.75) is 0 Å². The first-order valence-corrected chi connectivity index (χ1v) is 5.04. The zero-order chi connectivity index (χ0) is 12.3. The number of nitrogen functional groups attached to an aromatic ring is 2. The lowest BCUT2D eigenvalue weighted by molar-refractivity contribution is 0.465. The molecule has 1 aromatic carbocycles. The molecule has 2 aromatic rings. The van der Waals surface area contributed by atoms with Gasteiger partial charge in [0.05, 0.1) is 0 Å². The Morgan fingerprint density at radius 1 is 1.12 bits per heavy atom. The van der Waals surface area contributed by atoms with Crippen LogP contribution in [0.25, 0.3) is 0 Å². The molecule has 2 rings (SSSR count). The molecule has 6 nitrogen and oxygen atoms in total. The number of hydrogen-bond donors (Lipinski definition) is 3. The molecule has 0 amide bonds. The summed E-state index contributed by atoms with van der Waals surface area (Å²) in [5, 5.41) is 2.83. The molecule has 0 bridgehead atoms. The second kappa shape index (κ2) is 4.56. The van der Waals surface area contributed by atoms with Crippen LogP contribution in [-0.2, 0) is 0 Å². The summed E-state index contributed by atoms with van der Waals surface area (Å²) in [6, 6.07) is 9.21. The molecule has 0 unspecified atom stereocenters. The largest absolute Gasteiger partial charge is 0.437 e. The number of nitrogens with two attached hydrogens (primary N) is 2. The number of anilines is 3. The molecule has 0 saturated heterocycles. The van der Waals surface area contributed by atoms with Crippen molar-refractivity contribution < 1.29 is 4.74 Å². The van der Waals surface area contributed by atoms with E-state index in [4.69, 9.17) is 16.2 Å². The minimum Gasteiger partial charge on any atom is -0.437 e. The number of rotatable bonds is 3. The Kier molecular flexibility index (Phi) is 2.95. The van der Waals surface area contributed by atoms with E-state index in [0.717, 1.165) is 0 Å². The second-order valence-electron chi connectivity index (χ2n) is 3.31. The summed E-state index contributed by atoms with van der Waals surface area (Å²) in [4.78, 5) is 7.90. The maximum Gasteiger partial charge on any atom is 0.249 e. The summed E-state index contributed by atoms with van der Waals surface area (Å²) >= 11 is 0. The minimum absolute atomic E-state index is 0.106. The fraction of sp³-hybridized carbons (Fsp3) is 0.0909. The van der Waals surface area contributed by atoms with Crippen molar-refractivity contribution in [1.29, 1.82) is 0 Å². The van der Waals surface area contributed by atoms with Gasteiger partial charge in [-0.3, -0.25) is 0 Å². The highest BCUT2D eigenvalue weighted by Gasteiger charge is 2.11. The van der Waals surface area contributed by atoms with Crippen molar-refractivity contribution in [3.05, 3.63) is 30.3 Å². The third-order valence-electron chi connectivity index (χ3n) is 2.12. The number of nitrogens with zero attached hydrogens (tertiary/aromatic N) is 2. The van der Waals surface area contributed by atoms with Gasteiger partial charge in [-0.1, -0.05) is 18.2 Å². The Hall–Kier alpha value is -2.50. The van der Waals surface area contributed by atoms with Gasteiger partial charge in [-0.15, -0.1) is 0 Å². The Bertz CT molecular complexity index is 515. The number of para-hydroxylation sites is 1. The molecule has 6 heteroatoms. The molecule has 0 aliphatic rings. The average molecular weight is 231 g/mol. The molecule has 0 saturated carbocycles. The highest BCUT2D eigenvalue weighted by Crippen LogP contribution is 2.30. The summed E-state index contributed by atoms with van der Waals surface area (Å²) in [6.45, 7) is 0.